The van der Waals surface area contributed by atoms with Crippen molar-refractivity contribution in [3.05, 3.63) is 47.5 Å². The molecule has 2 amide bonds. The second-order valence-corrected chi connectivity index (χ2v) is 8.02. The zero-order valence-corrected chi connectivity index (χ0v) is 19.7. The zero-order valence-electron chi connectivity index (χ0n) is 19.7. The van der Waals surface area contributed by atoms with Crippen molar-refractivity contribution < 1.29 is 23.8 Å². The van der Waals surface area contributed by atoms with E-state index in [2.05, 4.69) is 47.0 Å². The van der Waals surface area contributed by atoms with Crippen molar-refractivity contribution in [2.24, 2.45) is 5.10 Å². The van der Waals surface area contributed by atoms with Gasteiger partial charge in [0.15, 0.2) is 11.5 Å². The highest BCUT2D eigenvalue weighted by Crippen LogP contribution is 2.40. The number of hydrazine groups is 1. The van der Waals surface area contributed by atoms with Crippen LogP contribution < -0.4 is 25.0 Å². The lowest BCUT2D eigenvalue weighted by Gasteiger charge is -2.29. The van der Waals surface area contributed by atoms with Crippen LogP contribution in [0.1, 0.15) is 30.5 Å². The molecule has 0 aromatic heterocycles. The Morgan fingerprint density at radius 2 is 1.79 bits per heavy atom. The maximum Gasteiger partial charge on any atom is 0.267 e. The van der Waals surface area contributed by atoms with E-state index in [1.807, 2.05) is 0 Å². The van der Waals surface area contributed by atoms with Gasteiger partial charge in [0.1, 0.15) is 18.9 Å². The minimum atomic E-state index is -0.428. The van der Waals surface area contributed by atoms with Crippen molar-refractivity contribution >= 4 is 23.8 Å². The molecule has 0 bridgehead atoms. The second-order valence-electron chi connectivity index (χ2n) is 8.02. The van der Waals surface area contributed by atoms with Crippen LogP contribution in [-0.4, -0.2) is 62.1 Å². The number of hydrogen-bond acceptors (Lipinski definition) is 8. The number of hydrazone groups is 1. The summed E-state index contributed by atoms with van der Waals surface area (Å²) in [6.45, 7) is 1.90. The van der Waals surface area contributed by atoms with Crippen LogP contribution in [0.15, 0.2) is 41.5 Å². The van der Waals surface area contributed by atoms with E-state index in [1.54, 1.807) is 23.5 Å². The monoisotopic (exact) mass is 467 g/mol. The van der Waals surface area contributed by atoms with Gasteiger partial charge in [0.05, 0.1) is 27.4 Å². The van der Waals surface area contributed by atoms with Gasteiger partial charge < -0.3 is 19.5 Å². The summed E-state index contributed by atoms with van der Waals surface area (Å²) in [6, 6.07) is 11.2. The minimum absolute atomic E-state index is 0.000638. The number of anilines is 1. The molecule has 1 fully saturated rings. The first-order valence-corrected chi connectivity index (χ1v) is 11.1. The molecule has 34 heavy (non-hydrogen) atoms. The predicted molar refractivity (Wildman–Crippen MR) is 127 cm³/mol. The van der Waals surface area contributed by atoms with Gasteiger partial charge in [-0.25, -0.2) is 10.4 Å². The van der Waals surface area contributed by atoms with Crippen LogP contribution in [0, 0.1) is 0 Å². The van der Waals surface area contributed by atoms with Gasteiger partial charge in [0.2, 0.25) is 11.7 Å². The van der Waals surface area contributed by atoms with E-state index in [-0.39, 0.29) is 18.5 Å². The highest BCUT2D eigenvalue weighted by Gasteiger charge is 2.41. The molecule has 2 atom stereocenters. The van der Waals surface area contributed by atoms with E-state index >= 15 is 0 Å². The molecule has 2 aromatic carbocycles. The number of aryl methyl sites for hydroxylation is 1. The van der Waals surface area contributed by atoms with Gasteiger partial charge in [-0.2, -0.15) is 5.10 Å². The molecule has 2 unspecified atom stereocenters. The van der Waals surface area contributed by atoms with Crippen molar-refractivity contribution in [2.45, 2.75) is 31.8 Å². The molecule has 2 aromatic rings. The van der Waals surface area contributed by atoms with Gasteiger partial charge in [-0.05, 0) is 24.0 Å². The lowest BCUT2D eigenvalue weighted by atomic mass is 9.99. The van der Waals surface area contributed by atoms with E-state index in [0.717, 1.165) is 12.0 Å². The normalized spacial score (nSPS) is 19.1. The van der Waals surface area contributed by atoms with E-state index in [1.165, 1.54) is 31.9 Å². The molecule has 0 saturated carbocycles. The number of amides is 2. The average Bonchev–Trinajstić information content (AvgIpc) is 3.30. The third-order valence-corrected chi connectivity index (χ3v) is 5.99. The summed E-state index contributed by atoms with van der Waals surface area (Å²) >= 11 is 0. The standard InChI is InChI=1S/C24H29N5O5/c1-5-15-6-8-16(9-7-15)18-12-19-24(31)28(25-14-29(19)27-18)13-22(30)26-17-10-20(32-2)23(34-4)21(11-17)33-3/h6-11,14,18-19,27H,5,12-13H2,1-4H3,(H,26,30). The molecule has 10 heteroatoms. The highest BCUT2D eigenvalue weighted by atomic mass is 16.5. The van der Waals surface area contributed by atoms with Crippen LogP contribution in [0.4, 0.5) is 5.69 Å². The molecular formula is C24H29N5O5. The van der Waals surface area contributed by atoms with Crippen molar-refractivity contribution in [1.29, 1.82) is 0 Å². The number of hydrogen-bond donors (Lipinski definition) is 2. The maximum absolute atomic E-state index is 13.1. The van der Waals surface area contributed by atoms with Crippen LogP contribution in [0.25, 0.3) is 0 Å². The number of nitrogens with one attached hydrogen (secondary N) is 2. The fourth-order valence-electron chi connectivity index (χ4n) is 4.14. The SMILES string of the molecule is CCc1ccc(C2CC3C(=O)N(CC(=O)Nc4cc(OC)c(OC)c(OC)c4)N=CN3N2)cc1. The minimum Gasteiger partial charge on any atom is -0.493 e. The van der Waals surface area contributed by atoms with E-state index in [9.17, 15) is 9.59 Å². The van der Waals surface area contributed by atoms with Crippen molar-refractivity contribution in [1.82, 2.24) is 15.4 Å². The van der Waals surface area contributed by atoms with Crippen LogP contribution in [-0.2, 0) is 16.0 Å². The molecular weight excluding hydrogens is 438 g/mol. The first-order valence-electron chi connectivity index (χ1n) is 11.1. The van der Waals surface area contributed by atoms with Gasteiger partial charge >= 0.3 is 0 Å². The van der Waals surface area contributed by atoms with Gasteiger partial charge in [-0.15, -0.1) is 0 Å². The summed E-state index contributed by atoms with van der Waals surface area (Å²) in [5.74, 6) is 0.616. The first kappa shape index (κ1) is 23.4. The smallest absolute Gasteiger partial charge is 0.267 e. The molecule has 0 spiro atoms. The van der Waals surface area contributed by atoms with Crippen LogP contribution >= 0.6 is 0 Å². The average molecular weight is 468 g/mol. The summed E-state index contributed by atoms with van der Waals surface area (Å²) in [4.78, 5) is 25.7. The fraction of sp³-hybridized carbons (Fsp3) is 0.375. The number of rotatable bonds is 8. The topological polar surface area (TPSA) is 105 Å². The number of ether oxygens (including phenoxy) is 3. The molecule has 2 aliphatic heterocycles. The number of methoxy groups -OCH3 is 3. The van der Waals surface area contributed by atoms with Crippen LogP contribution in [0.5, 0.6) is 17.2 Å². The Hall–Kier alpha value is -3.79. The third-order valence-electron chi connectivity index (χ3n) is 5.99. The Morgan fingerprint density at radius 1 is 1.12 bits per heavy atom. The van der Waals surface area contributed by atoms with E-state index in [4.69, 9.17) is 14.2 Å². The van der Waals surface area contributed by atoms with E-state index < -0.39 is 11.9 Å². The summed E-state index contributed by atoms with van der Waals surface area (Å²) in [5, 5.41) is 9.85. The number of nitrogens with zero attached hydrogens (tertiary/aromatic N) is 3. The molecule has 1 saturated heterocycles. The molecule has 2 aliphatic rings. The molecule has 2 heterocycles. The predicted octanol–water partition coefficient (Wildman–Crippen LogP) is 2.32. The molecule has 0 aliphatic carbocycles. The van der Waals surface area contributed by atoms with Crippen molar-refractivity contribution in [3.63, 3.8) is 0 Å². The second kappa shape index (κ2) is 10.0. The Labute approximate surface area is 198 Å². The molecule has 0 radical (unpaired) electrons. The zero-order chi connectivity index (χ0) is 24.2. The highest BCUT2D eigenvalue weighted by molar-refractivity contribution is 5.97. The Balaban J connectivity index is 1.40. The lowest BCUT2D eigenvalue weighted by Crippen LogP contribution is -2.52. The number of fused-ring (bicyclic) bond motifs is 1. The Morgan fingerprint density at radius 3 is 2.38 bits per heavy atom. The summed E-state index contributed by atoms with van der Waals surface area (Å²) in [6.07, 6.45) is 3.12. The van der Waals surface area contributed by atoms with Crippen molar-refractivity contribution in [2.75, 3.05) is 33.2 Å². The summed E-state index contributed by atoms with van der Waals surface area (Å²) < 4.78 is 15.9. The number of benzene rings is 2. The van der Waals surface area contributed by atoms with Gasteiger partial charge in [0, 0.05) is 17.8 Å². The first-order chi connectivity index (χ1) is 16.5. The quantitative estimate of drug-likeness (QED) is 0.614. The molecule has 4 rings (SSSR count). The summed E-state index contributed by atoms with van der Waals surface area (Å²) in [7, 11) is 4.50. The number of carbonyl (C=O) groups is 2. The largest absolute Gasteiger partial charge is 0.493 e. The van der Waals surface area contributed by atoms with Crippen LogP contribution in [0.2, 0.25) is 0 Å². The Kier molecular flexibility index (Phi) is 6.87. The fourth-order valence-corrected chi connectivity index (χ4v) is 4.14. The molecule has 180 valence electrons. The van der Waals surface area contributed by atoms with Gasteiger partial charge in [-0.3, -0.25) is 14.6 Å². The maximum atomic E-state index is 13.1. The molecule has 10 nitrogen and oxygen atoms in total. The van der Waals surface area contributed by atoms with E-state index in [0.29, 0.717) is 29.4 Å². The van der Waals surface area contributed by atoms with Crippen molar-refractivity contribution in [3.8, 4) is 17.2 Å². The number of carbonyl (C=O) groups excluding carboxylic acids is 2. The van der Waals surface area contributed by atoms with Gasteiger partial charge in [-0.1, -0.05) is 31.2 Å². The molecule has 2 N–H and O–H groups in total. The Bertz CT molecular complexity index is 1060. The van der Waals surface area contributed by atoms with Gasteiger partial charge in [0.25, 0.3) is 5.91 Å². The summed E-state index contributed by atoms with van der Waals surface area (Å²) in [5.41, 5.74) is 6.15. The lowest BCUT2D eigenvalue weighted by molar-refractivity contribution is -0.139. The third kappa shape index (κ3) is 4.62. The van der Waals surface area contributed by atoms with Crippen LogP contribution in [0.3, 0.4) is 0 Å².